The molecule has 1 aliphatic rings. The van der Waals surface area contributed by atoms with E-state index < -0.39 is 11.6 Å². The van der Waals surface area contributed by atoms with Crippen molar-refractivity contribution in [1.82, 2.24) is 19.6 Å². The third-order valence-corrected chi connectivity index (χ3v) is 6.05. The number of halogens is 2. The molecule has 152 valence electrons. The van der Waals surface area contributed by atoms with Gasteiger partial charge in [-0.3, -0.25) is 0 Å². The second kappa shape index (κ2) is 10.9. The predicted molar refractivity (Wildman–Crippen MR) is 112 cm³/mol. The average molecular weight is 426 g/mol. The monoisotopic (exact) mass is 425 g/mol. The number of thioether (sulfide) groups is 1. The fourth-order valence-corrected chi connectivity index (χ4v) is 4.38. The van der Waals surface area contributed by atoms with E-state index in [1.807, 2.05) is 6.07 Å². The molecule has 1 aromatic carbocycles. The maximum absolute atomic E-state index is 13.9. The van der Waals surface area contributed by atoms with Gasteiger partial charge in [0.25, 0.3) is 0 Å². The fourth-order valence-electron chi connectivity index (χ4n) is 2.80. The summed E-state index contributed by atoms with van der Waals surface area (Å²) < 4.78 is 32.9. The molecule has 1 aliphatic heterocycles. The highest BCUT2D eigenvalue weighted by molar-refractivity contribution is 7.98. The first-order valence-corrected chi connectivity index (χ1v) is 11.2. The van der Waals surface area contributed by atoms with Gasteiger partial charge in [0.2, 0.25) is 0 Å². The number of hydrogen-bond donors (Lipinski definition) is 2. The van der Waals surface area contributed by atoms with Gasteiger partial charge >= 0.3 is 0 Å². The number of rotatable bonds is 8. The molecule has 5 nitrogen and oxygen atoms in total. The Balaban J connectivity index is 1.67. The van der Waals surface area contributed by atoms with Gasteiger partial charge in [-0.15, -0.1) is 0 Å². The molecule has 0 amide bonds. The fraction of sp³-hybridized carbons (Fsp3) is 0.474. The van der Waals surface area contributed by atoms with E-state index in [-0.39, 0.29) is 5.75 Å². The third kappa shape index (κ3) is 6.30. The summed E-state index contributed by atoms with van der Waals surface area (Å²) in [6.45, 7) is 6.09. The Morgan fingerprint density at radius 2 is 2.11 bits per heavy atom. The summed E-state index contributed by atoms with van der Waals surface area (Å²) in [6, 6.07) is 6.19. The number of benzene rings is 1. The minimum atomic E-state index is -0.829. The van der Waals surface area contributed by atoms with Crippen molar-refractivity contribution in [3.63, 3.8) is 0 Å². The summed E-state index contributed by atoms with van der Waals surface area (Å²) in [5.41, 5.74) is 1.26. The first kappa shape index (κ1) is 21.3. The van der Waals surface area contributed by atoms with Crippen LogP contribution < -0.4 is 10.0 Å². The molecule has 0 aliphatic carbocycles. The normalized spacial score (nSPS) is 15.4. The molecule has 2 N–H and O–H groups in total. The molecule has 0 saturated carbocycles. The van der Waals surface area contributed by atoms with E-state index in [4.69, 9.17) is 0 Å². The Labute approximate surface area is 173 Å². The van der Waals surface area contributed by atoms with Crippen molar-refractivity contribution in [3.05, 3.63) is 47.2 Å². The summed E-state index contributed by atoms with van der Waals surface area (Å²) in [7, 11) is 0. The molecule has 0 bridgehead atoms. The van der Waals surface area contributed by atoms with Crippen LogP contribution in [0.2, 0.25) is 0 Å². The van der Waals surface area contributed by atoms with Gasteiger partial charge in [-0.2, -0.15) is 0 Å². The van der Waals surface area contributed by atoms with Crippen molar-refractivity contribution in [2.75, 3.05) is 30.9 Å². The minimum Gasteiger partial charge on any atom is -0.315 e. The third-order valence-electron chi connectivity index (χ3n) is 4.23. The van der Waals surface area contributed by atoms with Crippen LogP contribution in [0.3, 0.4) is 0 Å². The molecule has 1 saturated heterocycles. The summed E-state index contributed by atoms with van der Waals surface area (Å²) in [4.78, 5) is 9.11. The molecule has 0 unspecified atom stereocenters. The van der Waals surface area contributed by atoms with Crippen LogP contribution >= 0.6 is 23.9 Å². The van der Waals surface area contributed by atoms with Crippen molar-refractivity contribution in [1.29, 1.82) is 0 Å². The summed E-state index contributed by atoms with van der Waals surface area (Å²) in [5, 5.41) is 3.95. The van der Waals surface area contributed by atoms with Gasteiger partial charge < -0.3 is 10.0 Å². The van der Waals surface area contributed by atoms with Gasteiger partial charge in [-0.25, -0.2) is 23.1 Å². The van der Waals surface area contributed by atoms with E-state index in [9.17, 15) is 8.78 Å². The molecule has 0 radical (unpaired) electrons. The van der Waals surface area contributed by atoms with Crippen LogP contribution in [0.1, 0.15) is 31.0 Å². The zero-order valence-electron chi connectivity index (χ0n) is 15.9. The molecule has 28 heavy (non-hydrogen) atoms. The number of anilines is 1. The molecule has 1 aromatic heterocycles. The van der Waals surface area contributed by atoms with Crippen LogP contribution in [-0.2, 0) is 12.2 Å². The second-order valence-corrected chi connectivity index (χ2v) is 8.35. The lowest BCUT2D eigenvalue weighted by Gasteiger charge is -2.18. The van der Waals surface area contributed by atoms with Crippen LogP contribution in [0.15, 0.2) is 29.4 Å². The summed E-state index contributed by atoms with van der Waals surface area (Å²) in [6.07, 6.45) is 2.93. The smallest absolute Gasteiger partial charge is 0.190 e. The minimum absolute atomic E-state index is 0.281. The van der Waals surface area contributed by atoms with Gasteiger partial charge in [0, 0.05) is 54.8 Å². The molecular formula is C19H25F2N5S2. The second-order valence-electron chi connectivity index (χ2n) is 6.50. The van der Waals surface area contributed by atoms with E-state index >= 15 is 0 Å². The quantitative estimate of drug-likeness (QED) is 0.372. The Bertz CT molecular complexity index is 770. The van der Waals surface area contributed by atoms with Gasteiger partial charge in [0.05, 0.1) is 0 Å². The van der Waals surface area contributed by atoms with Gasteiger partial charge in [0.1, 0.15) is 5.82 Å². The van der Waals surface area contributed by atoms with E-state index in [2.05, 4.69) is 31.2 Å². The van der Waals surface area contributed by atoms with Gasteiger partial charge in [0.15, 0.2) is 16.8 Å². The van der Waals surface area contributed by atoms with E-state index in [0.717, 1.165) is 63.0 Å². The number of nitrogens with zero attached hydrogens (tertiary/aromatic N) is 3. The summed E-state index contributed by atoms with van der Waals surface area (Å²) in [5.74, 6) is -0.612. The highest BCUT2D eigenvalue weighted by Crippen LogP contribution is 2.25. The zero-order valence-corrected chi connectivity index (χ0v) is 17.5. The standard InChI is InChI=1S/C19H25F2N5S2/c1-2-5-15-12-17(25-28-26-10-4-8-22-9-11-26)24-19(23-15)27-13-14-6-3-7-16(20)18(14)21/h3,6-7,12,22H,2,4-5,8-11,13H2,1H3,(H,23,24,25). The SMILES string of the molecule is CCCc1cc(NSN2CCCNCC2)nc(SCc2cccc(F)c2F)n1. The van der Waals surface area contributed by atoms with E-state index in [1.165, 1.54) is 17.8 Å². The van der Waals surface area contributed by atoms with Crippen LogP contribution in [0.25, 0.3) is 0 Å². The highest BCUT2D eigenvalue weighted by Gasteiger charge is 2.13. The topological polar surface area (TPSA) is 53.1 Å². The Morgan fingerprint density at radius 1 is 1.21 bits per heavy atom. The lowest BCUT2D eigenvalue weighted by atomic mass is 10.2. The van der Waals surface area contributed by atoms with E-state index in [0.29, 0.717) is 10.7 Å². The van der Waals surface area contributed by atoms with Crippen molar-refractivity contribution in [3.8, 4) is 0 Å². The van der Waals surface area contributed by atoms with Crippen molar-refractivity contribution >= 4 is 29.7 Å². The predicted octanol–water partition coefficient (Wildman–Crippen LogP) is 4.27. The number of aromatic nitrogens is 2. The largest absolute Gasteiger partial charge is 0.315 e. The zero-order chi connectivity index (χ0) is 19.8. The van der Waals surface area contributed by atoms with Crippen molar-refractivity contribution < 1.29 is 8.78 Å². The van der Waals surface area contributed by atoms with Crippen LogP contribution in [-0.4, -0.2) is 40.5 Å². The van der Waals surface area contributed by atoms with Crippen LogP contribution in [0.4, 0.5) is 14.6 Å². The van der Waals surface area contributed by atoms with Gasteiger partial charge in [-0.05, 0) is 25.5 Å². The molecule has 2 heterocycles. The molecular weight excluding hydrogens is 400 g/mol. The van der Waals surface area contributed by atoms with Crippen LogP contribution in [0.5, 0.6) is 0 Å². The molecule has 9 heteroatoms. The lowest BCUT2D eigenvalue weighted by molar-refractivity contribution is 0.502. The maximum Gasteiger partial charge on any atom is 0.190 e. The Hall–Kier alpha value is -1.42. The first-order valence-electron chi connectivity index (χ1n) is 9.48. The highest BCUT2D eigenvalue weighted by atomic mass is 32.2. The Morgan fingerprint density at radius 3 is 2.96 bits per heavy atom. The van der Waals surface area contributed by atoms with Crippen LogP contribution in [0, 0.1) is 11.6 Å². The molecule has 2 aromatic rings. The molecule has 0 spiro atoms. The summed E-state index contributed by atoms with van der Waals surface area (Å²) >= 11 is 2.87. The molecule has 3 rings (SSSR count). The first-order chi connectivity index (χ1) is 13.7. The number of hydrogen-bond acceptors (Lipinski definition) is 7. The molecule has 0 atom stereocenters. The lowest BCUT2D eigenvalue weighted by Crippen LogP contribution is -2.23. The molecule has 1 fully saturated rings. The van der Waals surface area contributed by atoms with Gasteiger partial charge in [-0.1, -0.05) is 37.2 Å². The van der Waals surface area contributed by atoms with Crippen molar-refractivity contribution in [2.24, 2.45) is 0 Å². The number of aryl methyl sites for hydroxylation is 1. The number of nitrogens with one attached hydrogen (secondary N) is 2. The maximum atomic E-state index is 13.9. The van der Waals surface area contributed by atoms with E-state index in [1.54, 1.807) is 18.2 Å². The van der Waals surface area contributed by atoms with Crippen molar-refractivity contribution in [2.45, 2.75) is 37.1 Å². The Kier molecular flexibility index (Phi) is 8.32. The average Bonchev–Trinajstić information content (AvgIpc) is 2.97.